The fraction of sp³-hybridized carbons (Fsp3) is 0.231. The molecule has 0 amide bonds. The molecule has 7 heteroatoms. The Labute approximate surface area is 122 Å². The monoisotopic (exact) mass is 347 g/mol. The summed E-state index contributed by atoms with van der Waals surface area (Å²) >= 11 is 3.10. The first-order valence-electron chi connectivity index (χ1n) is 5.64. The molecule has 0 radical (unpaired) electrons. The fourth-order valence-electron chi connectivity index (χ4n) is 1.79. The van der Waals surface area contributed by atoms with E-state index >= 15 is 0 Å². The van der Waals surface area contributed by atoms with Gasteiger partial charge in [-0.3, -0.25) is 0 Å². The molecule has 108 valence electrons. The first-order valence-corrected chi connectivity index (χ1v) is 6.43. The van der Waals surface area contributed by atoms with Gasteiger partial charge in [-0.15, -0.1) is 0 Å². The van der Waals surface area contributed by atoms with E-state index in [9.17, 15) is 13.9 Å². The number of furan rings is 1. The van der Waals surface area contributed by atoms with Crippen molar-refractivity contribution < 1.29 is 23.0 Å². The van der Waals surface area contributed by atoms with Crippen molar-refractivity contribution in [1.82, 2.24) is 0 Å². The van der Waals surface area contributed by atoms with Gasteiger partial charge in [-0.25, -0.2) is 0 Å². The van der Waals surface area contributed by atoms with Crippen LogP contribution in [0.4, 0.5) is 14.7 Å². The van der Waals surface area contributed by atoms with E-state index in [4.69, 9.17) is 4.42 Å². The summed E-state index contributed by atoms with van der Waals surface area (Å²) in [5.74, 6) is 0.324. The molecule has 20 heavy (non-hydrogen) atoms. The van der Waals surface area contributed by atoms with Crippen molar-refractivity contribution in [2.45, 2.75) is 6.61 Å². The SMILES string of the molecule is CN(C)c1oc(Br)c(O)c1-c1cccc(OC(F)F)c1. The zero-order chi connectivity index (χ0) is 14.9. The van der Waals surface area contributed by atoms with E-state index in [1.54, 1.807) is 31.1 Å². The number of rotatable bonds is 4. The lowest BCUT2D eigenvalue weighted by atomic mass is 10.1. The molecule has 0 aliphatic heterocycles. The molecule has 0 fully saturated rings. The third kappa shape index (κ3) is 2.87. The molecule has 0 bridgehead atoms. The highest BCUT2D eigenvalue weighted by atomic mass is 79.9. The minimum atomic E-state index is -2.90. The summed E-state index contributed by atoms with van der Waals surface area (Å²) in [5, 5.41) is 10.0. The number of halogens is 3. The first-order chi connectivity index (χ1) is 9.40. The van der Waals surface area contributed by atoms with Crippen molar-refractivity contribution >= 4 is 21.8 Å². The van der Waals surface area contributed by atoms with Gasteiger partial charge in [0, 0.05) is 14.1 Å². The largest absolute Gasteiger partial charge is 0.503 e. The number of hydrogen-bond donors (Lipinski definition) is 1. The van der Waals surface area contributed by atoms with E-state index in [1.807, 2.05) is 0 Å². The summed E-state index contributed by atoms with van der Waals surface area (Å²) in [5.41, 5.74) is 0.917. The maximum absolute atomic E-state index is 12.2. The molecule has 1 heterocycles. The van der Waals surface area contributed by atoms with E-state index < -0.39 is 6.61 Å². The minimum Gasteiger partial charge on any atom is -0.503 e. The predicted octanol–water partition coefficient (Wildman–Crippen LogP) is 4.08. The van der Waals surface area contributed by atoms with Crippen molar-refractivity contribution in [3.05, 3.63) is 28.9 Å². The van der Waals surface area contributed by atoms with Crippen LogP contribution in [0.1, 0.15) is 0 Å². The number of nitrogens with zero attached hydrogens (tertiary/aromatic N) is 1. The van der Waals surface area contributed by atoms with Crippen LogP contribution in [-0.2, 0) is 0 Å². The van der Waals surface area contributed by atoms with Gasteiger partial charge in [0.25, 0.3) is 0 Å². The van der Waals surface area contributed by atoms with Gasteiger partial charge in [0.05, 0.1) is 5.56 Å². The number of hydrogen-bond acceptors (Lipinski definition) is 4. The summed E-state index contributed by atoms with van der Waals surface area (Å²) in [7, 11) is 3.49. The maximum Gasteiger partial charge on any atom is 0.387 e. The number of alkyl halides is 2. The fourth-order valence-corrected chi connectivity index (χ4v) is 2.14. The average Bonchev–Trinajstić information content (AvgIpc) is 2.66. The van der Waals surface area contributed by atoms with E-state index in [0.29, 0.717) is 17.0 Å². The summed E-state index contributed by atoms with van der Waals surface area (Å²) < 4.78 is 34.4. The highest BCUT2D eigenvalue weighted by molar-refractivity contribution is 9.10. The summed E-state index contributed by atoms with van der Waals surface area (Å²) in [6, 6.07) is 6.06. The van der Waals surface area contributed by atoms with Gasteiger partial charge in [0.2, 0.25) is 10.6 Å². The molecule has 0 spiro atoms. The van der Waals surface area contributed by atoms with Crippen LogP contribution < -0.4 is 9.64 Å². The zero-order valence-electron chi connectivity index (χ0n) is 10.7. The summed E-state index contributed by atoms with van der Waals surface area (Å²) in [6.07, 6.45) is 0. The number of ether oxygens (including phenoxy) is 1. The Bertz CT molecular complexity index is 614. The molecule has 0 aliphatic rings. The van der Waals surface area contributed by atoms with Gasteiger partial charge < -0.3 is 19.2 Å². The molecule has 2 aromatic rings. The van der Waals surface area contributed by atoms with Gasteiger partial charge in [-0.1, -0.05) is 12.1 Å². The molecule has 1 aromatic heterocycles. The van der Waals surface area contributed by atoms with E-state index in [2.05, 4.69) is 20.7 Å². The van der Waals surface area contributed by atoms with Crippen LogP contribution in [0.15, 0.2) is 33.4 Å². The van der Waals surface area contributed by atoms with Crippen molar-refractivity contribution in [2.75, 3.05) is 19.0 Å². The normalized spacial score (nSPS) is 10.9. The lowest BCUT2D eigenvalue weighted by molar-refractivity contribution is -0.0498. The molecule has 1 aromatic carbocycles. The Morgan fingerprint density at radius 3 is 2.65 bits per heavy atom. The summed E-state index contributed by atoms with van der Waals surface area (Å²) in [6.45, 7) is -2.90. The van der Waals surface area contributed by atoms with Crippen LogP contribution in [0.3, 0.4) is 0 Å². The molecule has 0 aliphatic carbocycles. The van der Waals surface area contributed by atoms with Crippen LogP contribution >= 0.6 is 15.9 Å². The average molecular weight is 348 g/mol. The van der Waals surface area contributed by atoms with E-state index in [0.717, 1.165) is 0 Å². The number of benzene rings is 1. The van der Waals surface area contributed by atoms with Gasteiger partial charge in [-0.2, -0.15) is 8.78 Å². The summed E-state index contributed by atoms with van der Waals surface area (Å²) in [4.78, 5) is 1.67. The highest BCUT2D eigenvalue weighted by Crippen LogP contribution is 2.45. The third-order valence-corrected chi connectivity index (χ3v) is 3.11. The smallest absolute Gasteiger partial charge is 0.387 e. The molecular weight excluding hydrogens is 336 g/mol. The Balaban J connectivity index is 2.51. The van der Waals surface area contributed by atoms with Crippen LogP contribution in [-0.4, -0.2) is 25.8 Å². The van der Waals surface area contributed by atoms with Crippen LogP contribution in [0.25, 0.3) is 11.1 Å². The standard InChI is InChI=1S/C13H12BrF2NO3/c1-17(2)12-9(10(18)11(14)20-12)7-4-3-5-8(6-7)19-13(15)16/h3-6,13,18H,1-2H3. The topological polar surface area (TPSA) is 45.8 Å². The molecule has 1 N–H and O–H groups in total. The minimum absolute atomic E-state index is 0.0129. The van der Waals surface area contributed by atoms with Crippen molar-refractivity contribution in [2.24, 2.45) is 0 Å². The van der Waals surface area contributed by atoms with E-state index in [1.165, 1.54) is 12.1 Å². The van der Waals surface area contributed by atoms with Crippen molar-refractivity contribution in [3.8, 4) is 22.6 Å². The van der Waals surface area contributed by atoms with Gasteiger partial charge in [-0.05, 0) is 33.6 Å². The Morgan fingerprint density at radius 1 is 1.35 bits per heavy atom. The van der Waals surface area contributed by atoms with Crippen molar-refractivity contribution in [3.63, 3.8) is 0 Å². The maximum atomic E-state index is 12.2. The molecule has 0 saturated heterocycles. The Hall–Kier alpha value is -1.76. The Morgan fingerprint density at radius 2 is 2.05 bits per heavy atom. The quantitative estimate of drug-likeness (QED) is 0.904. The lowest BCUT2D eigenvalue weighted by Gasteiger charge is -2.12. The van der Waals surface area contributed by atoms with Crippen LogP contribution in [0.5, 0.6) is 11.5 Å². The third-order valence-electron chi connectivity index (χ3n) is 2.58. The number of anilines is 1. The van der Waals surface area contributed by atoms with Crippen LogP contribution in [0.2, 0.25) is 0 Å². The second-order valence-electron chi connectivity index (χ2n) is 4.21. The van der Waals surface area contributed by atoms with E-state index in [-0.39, 0.29) is 16.2 Å². The lowest BCUT2D eigenvalue weighted by Crippen LogP contribution is -2.08. The predicted molar refractivity (Wildman–Crippen MR) is 74.5 cm³/mol. The van der Waals surface area contributed by atoms with Crippen molar-refractivity contribution in [1.29, 1.82) is 0 Å². The molecular formula is C13H12BrF2NO3. The molecule has 0 atom stereocenters. The first kappa shape index (κ1) is 14.6. The van der Waals surface area contributed by atoms with Gasteiger partial charge in [0.15, 0.2) is 5.75 Å². The zero-order valence-corrected chi connectivity index (χ0v) is 12.3. The second kappa shape index (κ2) is 5.70. The molecule has 0 saturated carbocycles. The molecule has 2 rings (SSSR count). The van der Waals surface area contributed by atoms with Crippen LogP contribution in [0, 0.1) is 0 Å². The Kier molecular flexibility index (Phi) is 4.17. The van der Waals surface area contributed by atoms with Gasteiger partial charge >= 0.3 is 6.61 Å². The highest BCUT2D eigenvalue weighted by Gasteiger charge is 2.22. The number of aromatic hydroxyl groups is 1. The second-order valence-corrected chi connectivity index (χ2v) is 4.93. The molecule has 4 nitrogen and oxygen atoms in total. The van der Waals surface area contributed by atoms with Gasteiger partial charge in [0.1, 0.15) is 5.75 Å². The molecule has 0 unspecified atom stereocenters.